The molecule has 0 radical (unpaired) electrons. The molecule has 2 rings (SSSR count). The van der Waals surface area contributed by atoms with Crippen molar-refractivity contribution in [3.63, 3.8) is 0 Å². The van der Waals surface area contributed by atoms with Crippen molar-refractivity contribution in [2.24, 2.45) is 0 Å². The molecule has 2 bridgehead atoms. The normalized spacial score (nSPS) is 34.6. The summed E-state index contributed by atoms with van der Waals surface area (Å²) in [5.74, 6) is 0. The molecule has 0 spiro atoms. The minimum Gasteiger partial charge on any atom is -0.379 e. The zero-order valence-corrected chi connectivity index (χ0v) is 13.5. The molecular weight excluding hydrogens is 280 g/mol. The predicted octanol–water partition coefficient (Wildman–Crippen LogP) is 1.22. The van der Waals surface area contributed by atoms with E-state index in [2.05, 4.69) is 13.8 Å². The summed E-state index contributed by atoms with van der Waals surface area (Å²) in [7, 11) is -2.69. The van der Waals surface area contributed by atoms with Crippen LogP contribution in [0.4, 0.5) is 0 Å². The molecule has 118 valence electrons. The van der Waals surface area contributed by atoms with E-state index in [1.54, 1.807) is 0 Å². The van der Waals surface area contributed by atoms with Gasteiger partial charge in [0.25, 0.3) is 0 Å². The van der Waals surface area contributed by atoms with E-state index in [9.17, 15) is 0 Å². The van der Waals surface area contributed by atoms with Crippen molar-refractivity contribution in [2.45, 2.75) is 31.9 Å². The number of fused-ring (bicyclic) bond motifs is 5. The van der Waals surface area contributed by atoms with Gasteiger partial charge in [-0.15, -0.1) is 0 Å². The summed E-state index contributed by atoms with van der Waals surface area (Å²) in [5.41, 5.74) is 0.196. The number of hydrogen-bond donors (Lipinski definition) is 0. The molecule has 20 heavy (non-hydrogen) atoms. The van der Waals surface area contributed by atoms with Gasteiger partial charge in [0.2, 0.25) is 0 Å². The van der Waals surface area contributed by atoms with Crippen LogP contribution < -0.4 is 0 Å². The Bertz CT molecular complexity index is 274. The largest absolute Gasteiger partial charge is 0.503 e. The van der Waals surface area contributed by atoms with Crippen molar-refractivity contribution in [2.75, 3.05) is 52.9 Å². The SMILES string of the molecule is CC(C)[Si]12OCCOCCC(COCCO1)OCCO2. The van der Waals surface area contributed by atoms with Gasteiger partial charge in [-0.25, -0.2) is 0 Å². The molecule has 2 unspecified atom stereocenters. The third kappa shape index (κ3) is 4.76. The molecule has 2 fully saturated rings. The highest BCUT2D eigenvalue weighted by atomic mass is 28.4. The molecule has 0 saturated carbocycles. The quantitative estimate of drug-likeness (QED) is 0.679. The summed E-state index contributed by atoms with van der Waals surface area (Å²) in [6, 6.07) is 0. The molecule has 0 aliphatic carbocycles. The van der Waals surface area contributed by atoms with Gasteiger partial charge >= 0.3 is 8.80 Å². The van der Waals surface area contributed by atoms with Crippen LogP contribution in [0.15, 0.2) is 0 Å². The van der Waals surface area contributed by atoms with Gasteiger partial charge in [-0.2, -0.15) is 0 Å². The lowest BCUT2D eigenvalue weighted by molar-refractivity contribution is -0.0462. The molecule has 7 heteroatoms. The van der Waals surface area contributed by atoms with E-state index in [1.165, 1.54) is 0 Å². The van der Waals surface area contributed by atoms with Gasteiger partial charge in [0.05, 0.1) is 52.4 Å². The third-order valence-corrected chi connectivity index (χ3v) is 6.63. The van der Waals surface area contributed by atoms with Crippen LogP contribution >= 0.6 is 0 Å². The van der Waals surface area contributed by atoms with Crippen LogP contribution in [-0.4, -0.2) is 67.8 Å². The average molecular weight is 306 g/mol. The Morgan fingerprint density at radius 3 is 2.15 bits per heavy atom. The van der Waals surface area contributed by atoms with Crippen LogP contribution in [0.25, 0.3) is 0 Å². The van der Waals surface area contributed by atoms with Crippen molar-refractivity contribution in [1.82, 2.24) is 0 Å². The first-order valence-electron chi connectivity index (χ1n) is 7.42. The molecule has 0 amide bonds. The first-order chi connectivity index (χ1) is 9.73. The van der Waals surface area contributed by atoms with Crippen LogP contribution in [0, 0.1) is 0 Å². The van der Waals surface area contributed by atoms with Crippen LogP contribution in [0.2, 0.25) is 5.54 Å². The Balaban J connectivity index is 2.09. The summed E-state index contributed by atoms with van der Waals surface area (Å²) >= 11 is 0. The Kier molecular flexibility index (Phi) is 6.89. The van der Waals surface area contributed by atoms with Crippen molar-refractivity contribution in [3.8, 4) is 0 Å². The van der Waals surface area contributed by atoms with Gasteiger partial charge in [0, 0.05) is 12.1 Å². The average Bonchev–Trinajstić information content (AvgIpc) is 2.44. The summed E-state index contributed by atoms with van der Waals surface area (Å²) < 4.78 is 35.0. The van der Waals surface area contributed by atoms with Crippen LogP contribution in [0.5, 0.6) is 0 Å². The van der Waals surface area contributed by atoms with Gasteiger partial charge < -0.3 is 27.5 Å². The minimum atomic E-state index is -2.69. The second kappa shape index (κ2) is 8.43. The first-order valence-corrected chi connectivity index (χ1v) is 9.22. The topological polar surface area (TPSA) is 55.4 Å². The fraction of sp³-hybridized carbons (Fsp3) is 1.00. The molecule has 0 N–H and O–H groups in total. The van der Waals surface area contributed by atoms with Crippen LogP contribution in [0.1, 0.15) is 20.3 Å². The third-order valence-electron chi connectivity index (χ3n) is 3.40. The van der Waals surface area contributed by atoms with E-state index < -0.39 is 8.80 Å². The Labute approximate surface area is 122 Å². The van der Waals surface area contributed by atoms with Crippen molar-refractivity contribution in [3.05, 3.63) is 0 Å². The lowest BCUT2D eigenvalue weighted by atomic mass is 10.3. The molecule has 6 nitrogen and oxygen atoms in total. The smallest absolute Gasteiger partial charge is 0.379 e. The highest BCUT2D eigenvalue weighted by Gasteiger charge is 2.45. The number of hydrogen-bond acceptors (Lipinski definition) is 6. The summed E-state index contributed by atoms with van der Waals surface area (Å²) in [6.07, 6.45) is 0.889. The predicted molar refractivity (Wildman–Crippen MR) is 74.7 cm³/mol. The van der Waals surface area contributed by atoms with Gasteiger partial charge in [0.15, 0.2) is 0 Å². The summed E-state index contributed by atoms with van der Waals surface area (Å²) in [6.45, 7) is 8.51. The second-order valence-electron chi connectivity index (χ2n) is 5.27. The fourth-order valence-corrected chi connectivity index (χ4v) is 4.61. The Morgan fingerprint density at radius 1 is 0.800 bits per heavy atom. The summed E-state index contributed by atoms with van der Waals surface area (Å²) in [4.78, 5) is 0. The summed E-state index contributed by atoms with van der Waals surface area (Å²) in [5, 5.41) is 0. The van der Waals surface area contributed by atoms with Crippen LogP contribution in [-0.2, 0) is 27.5 Å². The standard InChI is InChI=1S/C13H26O6Si/c1-12(2)20-17-8-5-14-4-3-13(16-7-10-19-20)11-15-6-9-18-20/h12-13H,3-11H2,1-2H3. The lowest BCUT2D eigenvalue weighted by Gasteiger charge is -2.32. The molecule has 2 aliphatic rings. The molecule has 2 atom stereocenters. The van der Waals surface area contributed by atoms with Crippen LogP contribution in [0.3, 0.4) is 0 Å². The first kappa shape index (κ1) is 16.3. The molecule has 0 aromatic carbocycles. The maximum absolute atomic E-state index is 6.00. The molecular formula is C13H26O6Si. The maximum atomic E-state index is 6.00. The highest BCUT2D eigenvalue weighted by Crippen LogP contribution is 2.25. The van der Waals surface area contributed by atoms with E-state index in [1.807, 2.05) is 0 Å². The van der Waals surface area contributed by atoms with E-state index in [0.717, 1.165) is 6.42 Å². The van der Waals surface area contributed by atoms with Crippen molar-refractivity contribution < 1.29 is 27.5 Å². The van der Waals surface area contributed by atoms with E-state index in [0.29, 0.717) is 52.9 Å². The van der Waals surface area contributed by atoms with Gasteiger partial charge in [-0.1, -0.05) is 13.8 Å². The monoisotopic (exact) mass is 306 g/mol. The molecule has 2 saturated heterocycles. The molecule has 2 heterocycles. The van der Waals surface area contributed by atoms with Gasteiger partial charge in [0.1, 0.15) is 0 Å². The molecule has 0 aromatic heterocycles. The zero-order valence-electron chi connectivity index (χ0n) is 12.5. The number of rotatable bonds is 1. The van der Waals surface area contributed by atoms with Crippen molar-refractivity contribution in [1.29, 1.82) is 0 Å². The Hall–Kier alpha value is -0.0231. The molecule has 0 aromatic rings. The zero-order chi connectivity index (χ0) is 14.3. The highest BCUT2D eigenvalue weighted by molar-refractivity contribution is 6.62. The fourth-order valence-electron chi connectivity index (χ4n) is 2.26. The minimum absolute atomic E-state index is 0.0622. The van der Waals surface area contributed by atoms with Crippen molar-refractivity contribution >= 4 is 8.80 Å². The van der Waals surface area contributed by atoms with E-state index in [4.69, 9.17) is 27.5 Å². The van der Waals surface area contributed by atoms with Gasteiger partial charge in [-0.3, -0.25) is 0 Å². The van der Waals surface area contributed by atoms with E-state index in [-0.39, 0.29) is 11.6 Å². The number of ether oxygens (including phenoxy) is 3. The Morgan fingerprint density at radius 2 is 1.45 bits per heavy atom. The lowest BCUT2D eigenvalue weighted by Crippen LogP contribution is -2.50. The van der Waals surface area contributed by atoms with Gasteiger partial charge in [-0.05, 0) is 6.42 Å². The maximum Gasteiger partial charge on any atom is 0.503 e. The second-order valence-corrected chi connectivity index (χ2v) is 8.50. The van der Waals surface area contributed by atoms with E-state index >= 15 is 0 Å². The molecule has 2 aliphatic heterocycles.